The van der Waals surface area contributed by atoms with E-state index < -0.39 is 0 Å². The lowest BCUT2D eigenvalue weighted by molar-refractivity contribution is 0.462. The van der Waals surface area contributed by atoms with Crippen molar-refractivity contribution in [1.29, 1.82) is 0 Å². The average molecular weight is 305 g/mol. The minimum Gasteiger partial charge on any atom is -0.271 e. The van der Waals surface area contributed by atoms with E-state index in [9.17, 15) is 0 Å². The summed E-state index contributed by atoms with van der Waals surface area (Å²) in [7, 11) is 0. The van der Waals surface area contributed by atoms with Crippen molar-refractivity contribution in [3.05, 3.63) is 45.4 Å². The summed E-state index contributed by atoms with van der Waals surface area (Å²) in [6.07, 6.45) is 0.898. The third-order valence-electron chi connectivity index (χ3n) is 3.90. The predicted octanol–water partition coefficient (Wildman–Crippen LogP) is 3.02. The van der Waals surface area contributed by atoms with Crippen molar-refractivity contribution in [2.75, 3.05) is 5.75 Å². The molecule has 3 rings (SSSR count). The van der Waals surface area contributed by atoms with Crippen LogP contribution in [-0.4, -0.2) is 16.8 Å². The van der Waals surface area contributed by atoms with Crippen molar-refractivity contribution in [3.8, 4) is 0 Å². The second kappa shape index (κ2) is 5.85. The van der Waals surface area contributed by atoms with Gasteiger partial charge in [0, 0.05) is 33.9 Å². The molecule has 1 aliphatic heterocycles. The molecule has 0 radical (unpaired) electrons. The lowest BCUT2D eigenvalue weighted by atomic mass is 9.92. The van der Waals surface area contributed by atoms with Gasteiger partial charge in [-0.1, -0.05) is 18.2 Å². The Kier molecular flexibility index (Phi) is 4.12. The molecule has 20 heavy (non-hydrogen) atoms. The Morgan fingerprint density at radius 1 is 1.40 bits per heavy atom. The Morgan fingerprint density at radius 3 is 2.90 bits per heavy atom. The zero-order valence-electron chi connectivity index (χ0n) is 11.7. The number of nitrogens with two attached hydrogens (primary N) is 1. The van der Waals surface area contributed by atoms with Crippen LogP contribution in [0.1, 0.15) is 27.1 Å². The van der Waals surface area contributed by atoms with Gasteiger partial charge in [-0.3, -0.25) is 11.3 Å². The van der Waals surface area contributed by atoms with Crippen LogP contribution in [0.2, 0.25) is 0 Å². The summed E-state index contributed by atoms with van der Waals surface area (Å²) in [4.78, 5) is 7.34. The van der Waals surface area contributed by atoms with Crippen LogP contribution >= 0.6 is 23.1 Å². The van der Waals surface area contributed by atoms with Crippen LogP contribution < -0.4 is 11.3 Å². The number of nitrogens with zero attached hydrogens (tertiary/aromatic N) is 1. The molecule has 0 fully saturated rings. The number of fused-ring (bicyclic) bond motifs is 1. The van der Waals surface area contributed by atoms with Gasteiger partial charge in [-0.05, 0) is 25.5 Å². The smallest absolute Gasteiger partial charge is 0.0947 e. The number of rotatable bonds is 4. The van der Waals surface area contributed by atoms with E-state index in [4.69, 9.17) is 5.84 Å². The molecule has 5 heteroatoms. The van der Waals surface area contributed by atoms with Crippen LogP contribution in [0.5, 0.6) is 0 Å². The molecule has 106 valence electrons. The van der Waals surface area contributed by atoms with Gasteiger partial charge >= 0.3 is 0 Å². The zero-order valence-corrected chi connectivity index (χ0v) is 13.4. The van der Waals surface area contributed by atoms with E-state index in [2.05, 4.69) is 48.5 Å². The Hall–Kier alpha value is -0.880. The summed E-state index contributed by atoms with van der Waals surface area (Å²) in [5, 5.41) is 1.18. The van der Waals surface area contributed by atoms with Crippen molar-refractivity contribution in [3.63, 3.8) is 0 Å². The van der Waals surface area contributed by atoms with Crippen molar-refractivity contribution < 1.29 is 0 Å². The molecule has 3 N–H and O–H groups in total. The number of nitrogens with one attached hydrogen (secondary N) is 1. The SMILES string of the molecule is Cc1nc(CC(NN)C2CSc3ccccc32)sc1C. The van der Waals surface area contributed by atoms with Gasteiger partial charge in [-0.25, -0.2) is 4.98 Å². The zero-order chi connectivity index (χ0) is 14.1. The second-order valence-electron chi connectivity index (χ2n) is 5.18. The molecule has 1 aromatic heterocycles. The Labute approximate surface area is 128 Å². The van der Waals surface area contributed by atoms with E-state index in [0.717, 1.165) is 17.9 Å². The standard InChI is InChI=1S/C15H19N3S2/c1-9-10(2)20-15(17-9)7-13(18-16)12-8-19-14-6-4-3-5-11(12)14/h3-6,12-13,18H,7-8,16H2,1-2H3. The third kappa shape index (κ3) is 2.63. The predicted molar refractivity (Wildman–Crippen MR) is 86.3 cm³/mol. The highest BCUT2D eigenvalue weighted by Gasteiger charge is 2.30. The van der Waals surface area contributed by atoms with Crippen LogP contribution in [0.15, 0.2) is 29.2 Å². The van der Waals surface area contributed by atoms with E-state index in [0.29, 0.717) is 5.92 Å². The molecule has 2 unspecified atom stereocenters. The minimum absolute atomic E-state index is 0.246. The number of aromatic nitrogens is 1. The Balaban J connectivity index is 1.81. The minimum atomic E-state index is 0.246. The lowest BCUT2D eigenvalue weighted by Crippen LogP contribution is -2.41. The summed E-state index contributed by atoms with van der Waals surface area (Å²) in [6.45, 7) is 4.20. The first-order valence-electron chi connectivity index (χ1n) is 6.80. The van der Waals surface area contributed by atoms with Gasteiger partial charge in [0.15, 0.2) is 0 Å². The van der Waals surface area contributed by atoms with Crippen molar-refractivity contribution in [2.45, 2.75) is 37.1 Å². The van der Waals surface area contributed by atoms with Gasteiger partial charge in [0.05, 0.1) is 10.7 Å². The van der Waals surface area contributed by atoms with E-state index in [1.54, 1.807) is 11.3 Å². The van der Waals surface area contributed by atoms with Crippen molar-refractivity contribution in [2.24, 2.45) is 5.84 Å². The molecule has 0 amide bonds. The first kappa shape index (κ1) is 14.1. The Morgan fingerprint density at radius 2 is 2.20 bits per heavy atom. The van der Waals surface area contributed by atoms with Crippen molar-refractivity contribution >= 4 is 23.1 Å². The first-order valence-corrected chi connectivity index (χ1v) is 8.60. The maximum Gasteiger partial charge on any atom is 0.0947 e. The lowest BCUT2D eigenvalue weighted by Gasteiger charge is -2.22. The highest BCUT2D eigenvalue weighted by atomic mass is 32.2. The number of hydrogen-bond acceptors (Lipinski definition) is 5. The average Bonchev–Trinajstić information content (AvgIpc) is 3.00. The van der Waals surface area contributed by atoms with E-state index in [1.165, 1.54) is 20.3 Å². The van der Waals surface area contributed by atoms with Crippen LogP contribution in [0, 0.1) is 13.8 Å². The highest BCUT2D eigenvalue weighted by Crippen LogP contribution is 2.41. The second-order valence-corrected chi connectivity index (χ2v) is 7.53. The van der Waals surface area contributed by atoms with Crippen LogP contribution in [0.3, 0.4) is 0 Å². The number of hydrazine groups is 1. The fraction of sp³-hybridized carbons (Fsp3) is 0.400. The molecule has 0 spiro atoms. The quantitative estimate of drug-likeness (QED) is 0.673. The molecule has 2 heterocycles. The summed E-state index contributed by atoms with van der Waals surface area (Å²) < 4.78 is 0. The highest BCUT2D eigenvalue weighted by molar-refractivity contribution is 7.99. The summed E-state index contributed by atoms with van der Waals surface area (Å²) in [5.41, 5.74) is 5.58. The molecule has 0 bridgehead atoms. The van der Waals surface area contributed by atoms with Gasteiger partial charge in [0.2, 0.25) is 0 Å². The molecule has 0 aliphatic carbocycles. The monoisotopic (exact) mass is 305 g/mol. The van der Waals surface area contributed by atoms with Crippen molar-refractivity contribution in [1.82, 2.24) is 10.4 Å². The first-order chi connectivity index (χ1) is 9.69. The normalized spacial score (nSPS) is 19.1. The van der Waals surface area contributed by atoms with E-state index in [1.807, 2.05) is 11.8 Å². The maximum atomic E-state index is 5.82. The summed E-state index contributed by atoms with van der Waals surface area (Å²) >= 11 is 3.71. The molecule has 1 aromatic carbocycles. The number of thioether (sulfide) groups is 1. The third-order valence-corrected chi connectivity index (χ3v) is 6.21. The maximum absolute atomic E-state index is 5.82. The van der Waals surface area contributed by atoms with Gasteiger partial charge in [0.25, 0.3) is 0 Å². The van der Waals surface area contributed by atoms with E-state index in [-0.39, 0.29) is 6.04 Å². The molecule has 0 saturated heterocycles. The topological polar surface area (TPSA) is 50.9 Å². The summed E-state index contributed by atoms with van der Waals surface area (Å²) in [5.74, 6) is 7.38. The number of thiazole rings is 1. The fourth-order valence-electron chi connectivity index (χ4n) is 2.65. The van der Waals surface area contributed by atoms with Gasteiger partial charge in [-0.15, -0.1) is 23.1 Å². The van der Waals surface area contributed by atoms with Gasteiger partial charge in [-0.2, -0.15) is 0 Å². The molecule has 2 atom stereocenters. The number of benzene rings is 1. The fourth-order valence-corrected chi connectivity index (χ4v) is 4.98. The summed E-state index contributed by atoms with van der Waals surface area (Å²) in [6, 6.07) is 8.89. The van der Waals surface area contributed by atoms with Gasteiger partial charge in [0.1, 0.15) is 0 Å². The Bertz CT molecular complexity index is 589. The molecule has 1 aliphatic rings. The van der Waals surface area contributed by atoms with Crippen LogP contribution in [0.4, 0.5) is 0 Å². The largest absolute Gasteiger partial charge is 0.271 e. The molecular formula is C15H19N3S2. The van der Waals surface area contributed by atoms with Crippen LogP contribution in [0.25, 0.3) is 0 Å². The molecule has 3 nitrogen and oxygen atoms in total. The molecule has 0 saturated carbocycles. The number of aryl methyl sites for hydroxylation is 2. The van der Waals surface area contributed by atoms with Crippen LogP contribution in [-0.2, 0) is 6.42 Å². The number of hydrogen-bond donors (Lipinski definition) is 2. The molecular weight excluding hydrogens is 286 g/mol. The van der Waals surface area contributed by atoms with E-state index >= 15 is 0 Å². The molecule has 2 aromatic rings. The van der Waals surface area contributed by atoms with Gasteiger partial charge < -0.3 is 0 Å².